The van der Waals surface area contributed by atoms with E-state index in [2.05, 4.69) is 36.2 Å². The van der Waals surface area contributed by atoms with Crippen LogP contribution in [0.15, 0.2) is 12.1 Å². The topological polar surface area (TPSA) is 33.7 Å². The van der Waals surface area contributed by atoms with Gasteiger partial charge in [0.05, 0.1) is 14.2 Å². The Morgan fingerprint density at radius 2 is 1.95 bits per heavy atom. The Morgan fingerprint density at radius 1 is 1.26 bits per heavy atom. The van der Waals surface area contributed by atoms with Gasteiger partial charge in [-0.05, 0) is 37.1 Å². The summed E-state index contributed by atoms with van der Waals surface area (Å²) in [5.74, 6) is 1.61. The second kappa shape index (κ2) is 6.26. The number of piperazine rings is 1. The van der Waals surface area contributed by atoms with E-state index in [-0.39, 0.29) is 0 Å². The number of benzene rings is 1. The number of nitrogens with one attached hydrogen (secondary N) is 1. The van der Waals surface area contributed by atoms with Crippen LogP contribution in [0.25, 0.3) is 0 Å². The lowest BCUT2D eigenvalue weighted by Crippen LogP contribution is -2.48. The van der Waals surface area contributed by atoms with Gasteiger partial charge < -0.3 is 14.8 Å². The van der Waals surface area contributed by atoms with Gasteiger partial charge in [-0.2, -0.15) is 0 Å². The van der Waals surface area contributed by atoms with Crippen molar-refractivity contribution in [1.82, 2.24) is 10.2 Å². The average molecular weight is 264 g/mol. The summed E-state index contributed by atoms with van der Waals surface area (Å²) >= 11 is 0. The summed E-state index contributed by atoms with van der Waals surface area (Å²) in [7, 11) is 3.36. The molecule has 0 bridgehead atoms. The molecular weight excluding hydrogens is 240 g/mol. The molecule has 1 heterocycles. The molecule has 1 fully saturated rings. The van der Waals surface area contributed by atoms with Crippen LogP contribution in [0.1, 0.15) is 18.1 Å². The molecule has 1 aromatic rings. The van der Waals surface area contributed by atoms with E-state index in [0.717, 1.165) is 37.7 Å². The highest BCUT2D eigenvalue weighted by Gasteiger charge is 2.17. The quantitative estimate of drug-likeness (QED) is 0.899. The second-order valence-electron chi connectivity index (χ2n) is 5.22. The van der Waals surface area contributed by atoms with Gasteiger partial charge in [-0.25, -0.2) is 0 Å². The van der Waals surface area contributed by atoms with Gasteiger partial charge >= 0.3 is 0 Å². The number of hydrogen-bond donors (Lipinski definition) is 1. The highest BCUT2D eigenvalue weighted by Crippen LogP contribution is 2.30. The lowest BCUT2D eigenvalue weighted by molar-refractivity contribution is 0.199. The zero-order chi connectivity index (χ0) is 13.8. The van der Waals surface area contributed by atoms with E-state index in [4.69, 9.17) is 9.47 Å². The molecule has 106 valence electrons. The zero-order valence-electron chi connectivity index (χ0n) is 12.3. The Morgan fingerprint density at radius 3 is 2.58 bits per heavy atom. The minimum absolute atomic E-state index is 0.564. The molecule has 1 atom stereocenters. The predicted molar refractivity (Wildman–Crippen MR) is 77.0 cm³/mol. The molecule has 1 saturated heterocycles. The van der Waals surface area contributed by atoms with Gasteiger partial charge in [-0.15, -0.1) is 0 Å². The van der Waals surface area contributed by atoms with Crippen molar-refractivity contribution in [3.63, 3.8) is 0 Å². The van der Waals surface area contributed by atoms with Crippen molar-refractivity contribution in [2.75, 3.05) is 33.9 Å². The molecule has 1 aromatic carbocycles. The monoisotopic (exact) mass is 264 g/mol. The Bertz CT molecular complexity index is 434. The molecule has 0 aromatic heterocycles. The molecular formula is C15H24N2O2. The van der Waals surface area contributed by atoms with Crippen LogP contribution in [0.2, 0.25) is 0 Å². The predicted octanol–water partition coefficient (Wildman–Crippen LogP) is 1.81. The van der Waals surface area contributed by atoms with E-state index in [1.165, 1.54) is 11.1 Å². The highest BCUT2D eigenvalue weighted by molar-refractivity contribution is 5.47. The van der Waals surface area contributed by atoms with Crippen LogP contribution >= 0.6 is 0 Å². The smallest absolute Gasteiger partial charge is 0.161 e. The number of methoxy groups -OCH3 is 2. The molecule has 0 saturated carbocycles. The Kier molecular flexibility index (Phi) is 4.66. The third kappa shape index (κ3) is 3.39. The van der Waals surface area contributed by atoms with Gasteiger partial charge in [0.15, 0.2) is 11.5 Å². The van der Waals surface area contributed by atoms with E-state index >= 15 is 0 Å². The summed E-state index contributed by atoms with van der Waals surface area (Å²) < 4.78 is 10.7. The van der Waals surface area contributed by atoms with Crippen molar-refractivity contribution in [2.45, 2.75) is 26.4 Å². The van der Waals surface area contributed by atoms with Gasteiger partial charge in [0.2, 0.25) is 0 Å². The van der Waals surface area contributed by atoms with Crippen LogP contribution in [0.5, 0.6) is 11.5 Å². The molecule has 4 heteroatoms. The van der Waals surface area contributed by atoms with Crippen LogP contribution in [-0.2, 0) is 6.54 Å². The first-order valence-electron chi connectivity index (χ1n) is 6.81. The zero-order valence-corrected chi connectivity index (χ0v) is 12.3. The van der Waals surface area contributed by atoms with Crippen molar-refractivity contribution in [3.05, 3.63) is 23.3 Å². The van der Waals surface area contributed by atoms with E-state index in [1.807, 2.05) is 0 Å². The summed E-state index contributed by atoms with van der Waals surface area (Å²) in [6, 6.07) is 4.72. The summed E-state index contributed by atoms with van der Waals surface area (Å²) in [5.41, 5.74) is 2.57. The van der Waals surface area contributed by atoms with Crippen molar-refractivity contribution in [1.29, 1.82) is 0 Å². The summed E-state index contributed by atoms with van der Waals surface area (Å²) in [4.78, 5) is 2.48. The summed E-state index contributed by atoms with van der Waals surface area (Å²) in [6.45, 7) is 8.58. The molecule has 0 radical (unpaired) electrons. The van der Waals surface area contributed by atoms with Crippen LogP contribution in [0, 0.1) is 6.92 Å². The van der Waals surface area contributed by atoms with Crippen LogP contribution in [0.4, 0.5) is 0 Å². The third-order valence-corrected chi connectivity index (χ3v) is 3.69. The first-order valence-corrected chi connectivity index (χ1v) is 6.81. The van der Waals surface area contributed by atoms with Crippen molar-refractivity contribution in [3.8, 4) is 11.5 Å². The van der Waals surface area contributed by atoms with Crippen LogP contribution in [0.3, 0.4) is 0 Å². The minimum Gasteiger partial charge on any atom is -0.493 e. The van der Waals surface area contributed by atoms with Gasteiger partial charge in [0, 0.05) is 32.2 Å². The van der Waals surface area contributed by atoms with Gasteiger partial charge in [-0.3, -0.25) is 4.90 Å². The number of aryl methyl sites for hydroxylation is 1. The maximum atomic E-state index is 5.39. The fraction of sp³-hybridized carbons (Fsp3) is 0.600. The van der Waals surface area contributed by atoms with Gasteiger partial charge in [-0.1, -0.05) is 0 Å². The number of nitrogens with zero attached hydrogens (tertiary/aromatic N) is 1. The summed E-state index contributed by atoms with van der Waals surface area (Å²) in [6.07, 6.45) is 0. The number of rotatable bonds is 4. The number of hydrogen-bond acceptors (Lipinski definition) is 4. The molecule has 4 nitrogen and oxygen atoms in total. The van der Waals surface area contributed by atoms with Gasteiger partial charge in [0.1, 0.15) is 0 Å². The first-order chi connectivity index (χ1) is 9.13. The molecule has 0 unspecified atom stereocenters. The average Bonchev–Trinajstić information content (AvgIpc) is 2.40. The Balaban J connectivity index is 2.15. The van der Waals surface area contributed by atoms with E-state index in [9.17, 15) is 0 Å². The van der Waals surface area contributed by atoms with Crippen molar-refractivity contribution >= 4 is 0 Å². The molecule has 19 heavy (non-hydrogen) atoms. The lowest BCUT2D eigenvalue weighted by atomic mass is 10.1. The van der Waals surface area contributed by atoms with Gasteiger partial charge in [0.25, 0.3) is 0 Å². The number of ether oxygens (including phenoxy) is 2. The fourth-order valence-corrected chi connectivity index (χ4v) is 2.59. The molecule has 0 amide bonds. The van der Waals surface area contributed by atoms with Crippen molar-refractivity contribution in [2.24, 2.45) is 0 Å². The maximum absolute atomic E-state index is 5.39. The third-order valence-electron chi connectivity index (χ3n) is 3.69. The minimum atomic E-state index is 0.564. The van der Waals surface area contributed by atoms with E-state index < -0.39 is 0 Å². The normalized spacial score (nSPS) is 20.3. The highest BCUT2D eigenvalue weighted by atomic mass is 16.5. The van der Waals surface area contributed by atoms with E-state index in [0.29, 0.717) is 6.04 Å². The SMILES string of the molecule is COc1cc(C)c(CN2CCN[C@H](C)C2)cc1OC. The fourth-order valence-electron chi connectivity index (χ4n) is 2.59. The van der Waals surface area contributed by atoms with Crippen molar-refractivity contribution < 1.29 is 9.47 Å². The first kappa shape index (κ1) is 14.2. The largest absolute Gasteiger partial charge is 0.493 e. The lowest BCUT2D eigenvalue weighted by Gasteiger charge is -2.32. The van der Waals surface area contributed by atoms with Crippen LogP contribution < -0.4 is 14.8 Å². The molecule has 2 rings (SSSR count). The Labute approximate surface area is 115 Å². The Hall–Kier alpha value is -1.26. The molecule has 0 spiro atoms. The summed E-state index contributed by atoms with van der Waals surface area (Å²) in [5, 5.41) is 3.47. The second-order valence-corrected chi connectivity index (χ2v) is 5.22. The van der Waals surface area contributed by atoms with E-state index in [1.54, 1.807) is 14.2 Å². The van der Waals surface area contributed by atoms with Crippen LogP contribution in [-0.4, -0.2) is 44.8 Å². The molecule has 1 aliphatic heterocycles. The molecule has 1 aliphatic rings. The molecule has 1 N–H and O–H groups in total. The standard InChI is InChI=1S/C15H24N2O2/c1-11-7-14(18-3)15(19-4)8-13(11)10-17-6-5-16-12(2)9-17/h7-8,12,16H,5-6,9-10H2,1-4H3/t12-/m1/s1. The molecule has 0 aliphatic carbocycles. The maximum Gasteiger partial charge on any atom is 0.161 e.